The highest BCUT2D eigenvalue weighted by atomic mass is 16.5. The molecule has 4 rings (SSSR count). The van der Waals surface area contributed by atoms with Crippen LogP contribution in [0, 0.1) is 0 Å². The molecule has 0 radical (unpaired) electrons. The third kappa shape index (κ3) is 1.95. The number of aliphatic imine (C=N–C) groups is 1. The van der Waals surface area contributed by atoms with Crippen LogP contribution in [0.15, 0.2) is 53.5 Å². The minimum Gasteiger partial charge on any atom is -0.497 e. The van der Waals surface area contributed by atoms with Gasteiger partial charge in [-0.25, -0.2) is 0 Å². The number of benzene rings is 2. The first kappa shape index (κ1) is 12.3. The Morgan fingerprint density at radius 3 is 2.76 bits per heavy atom. The lowest BCUT2D eigenvalue weighted by molar-refractivity contribution is 0.415. The number of hydrogen-bond donors (Lipinski definition) is 0. The molecule has 2 aliphatic rings. The van der Waals surface area contributed by atoms with Crippen LogP contribution in [0.1, 0.15) is 5.56 Å². The molecule has 2 aromatic carbocycles. The van der Waals surface area contributed by atoms with E-state index in [-0.39, 0.29) is 0 Å². The van der Waals surface area contributed by atoms with E-state index >= 15 is 0 Å². The van der Waals surface area contributed by atoms with Gasteiger partial charge in [-0.05, 0) is 17.7 Å². The Bertz CT molecular complexity index is 696. The summed E-state index contributed by atoms with van der Waals surface area (Å²) in [5.74, 6) is 1.95. The van der Waals surface area contributed by atoms with Gasteiger partial charge in [-0.15, -0.1) is 0 Å². The maximum atomic E-state index is 5.36. The molecule has 106 valence electrons. The smallest absolute Gasteiger partial charge is 0.206 e. The first-order valence-electron chi connectivity index (χ1n) is 7.18. The van der Waals surface area contributed by atoms with Crippen molar-refractivity contribution in [2.45, 2.75) is 6.54 Å². The number of nitrogens with zero attached hydrogens (tertiary/aromatic N) is 3. The Morgan fingerprint density at radius 1 is 1.10 bits per heavy atom. The number of rotatable bonds is 3. The van der Waals surface area contributed by atoms with E-state index in [0.29, 0.717) is 0 Å². The zero-order chi connectivity index (χ0) is 14.2. The van der Waals surface area contributed by atoms with Crippen molar-refractivity contribution in [2.24, 2.45) is 4.99 Å². The van der Waals surface area contributed by atoms with E-state index in [2.05, 4.69) is 51.2 Å². The number of ether oxygens (including phenoxy) is 1. The van der Waals surface area contributed by atoms with E-state index in [9.17, 15) is 0 Å². The number of hydrogen-bond acceptors (Lipinski definition) is 4. The predicted octanol–water partition coefficient (Wildman–Crippen LogP) is 2.89. The van der Waals surface area contributed by atoms with E-state index in [1.165, 1.54) is 16.9 Å². The van der Waals surface area contributed by atoms with Crippen LogP contribution in [0.5, 0.6) is 5.75 Å². The summed E-state index contributed by atoms with van der Waals surface area (Å²) >= 11 is 0. The summed E-state index contributed by atoms with van der Waals surface area (Å²) in [6.07, 6.45) is 0. The summed E-state index contributed by atoms with van der Waals surface area (Å²) in [6.45, 7) is 2.65. The van der Waals surface area contributed by atoms with Crippen LogP contribution in [0.2, 0.25) is 0 Å². The zero-order valence-electron chi connectivity index (χ0n) is 12.0. The normalized spacial score (nSPS) is 15.8. The molecule has 0 bridgehead atoms. The summed E-state index contributed by atoms with van der Waals surface area (Å²) in [5.41, 5.74) is 3.69. The number of fused-ring (bicyclic) bond motifs is 3. The monoisotopic (exact) mass is 279 g/mol. The lowest BCUT2D eigenvalue weighted by atomic mass is 10.2. The van der Waals surface area contributed by atoms with Gasteiger partial charge in [0.1, 0.15) is 5.75 Å². The summed E-state index contributed by atoms with van der Waals surface area (Å²) in [7, 11) is 1.71. The van der Waals surface area contributed by atoms with Gasteiger partial charge >= 0.3 is 0 Å². The van der Waals surface area contributed by atoms with Gasteiger partial charge in [-0.1, -0.05) is 30.3 Å². The Labute approximate surface area is 124 Å². The van der Waals surface area contributed by atoms with Crippen molar-refractivity contribution >= 4 is 17.3 Å². The molecule has 21 heavy (non-hydrogen) atoms. The molecule has 0 N–H and O–H groups in total. The minimum atomic E-state index is 0.843. The zero-order valence-corrected chi connectivity index (χ0v) is 12.0. The minimum absolute atomic E-state index is 0.843. The molecule has 0 fully saturated rings. The first-order valence-corrected chi connectivity index (χ1v) is 7.18. The third-order valence-electron chi connectivity index (χ3n) is 4.01. The average molecular weight is 279 g/mol. The lowest BCUT2D eigenvalue weighted by Gasteiger charge is -2.19. The first-order chi connectivity index (χ1) is 10.4. The van der Waals surface area contributed by atoms with Gasteiger partial charge in [0.25, 0.3) is 0 Å². The molecule has 4 heteroatoms. The number of anilines is 2. The van der Waals surface area contributed by atoms with Crippen LogP contribution in [-0.2, 0) is 6.54 Å². The van der Waals surface area contributed by atoms with Gasteiger partial charge in [-0.2, -0.15) is 0 Å². The number of methoxy groups -OCH3 is 1. The maximum Gasteiger partial charge on any atom is 0.206 e. The van der Waals surface area contributed by atoms with Crippen LogP contribution in [-0.4, -0.2) is 26.2 Å². The Morgan fingerprint density at radius 2 is 1.95 bits per heavy atom. The predicted molar refractivity (Wildman–Crippen MR) is 85.3 cm³/mol. The molecule has 0 amide bonds. The summed E-state index contributed by atoms with van der Waals surface area (Å²) in [5, 5.41) is 0. The molecule has 2 aliphatic heterocycles. The van der Waals surface area contributed by atoms with Crippen molar-refractivity contribution in [1.29, 1.82) is 0 Å². The molecule has 2 heterocycles. The molecular formula is C17H17N3O. The Kier molecular flexibility index (Phi) is 2.81. The standard InChI is InChI=1S/C17H17N3O/c1-21-14-7-8-15-16(11-14)19-10-9-18-17(19)20(15)12-13-5-3-2-4-6-13/h2-8,11H,9-10,12H2,1H3. The van der Waals surface area contributed by atoms with Crippen molar-refractivity contribution in [3.63, 3.8) is 0 Å². The third-order valence-corrected chi connectivity index (χ3v) is 4.01. The largest absolute Gasteiger partial charge is 0.497 e. The van der Waals surface area contributed by atoms with E-state index in [0.717, 1.165) is 31.3 Å². The van der Waals surface area contributed by atoms with Crippen molar-refractivity contribution in [3.8, 4) is 5.75 Å². The fourth-order valence-electron chi connectivity index (χ4n) is 3.00. The van der Waals surface area contributed by atoms with Crippen molar-refractivity contribution < 1.29 is 4.74 Å². The average Bonchev–Trinajstić information content (AvgIpc) is 3.11. The van der Waals surface area contributed by atoms with Crippen LogP contribution >= 0.6 is 0 Å². The SMILES string of the molecule is COc1ccc2c(c1)N1CCN=C1N2Cc1ccccc1. The Hall–Kier alpha value is -2.49. The maximum absolute atomic E-state index is 5.36. The van der Waals surface area contributed by atoms with Gasteiger partial charge < -0.3 is 14.5 Å². The highest BCUT2D eigenvalue weighted by Crippen LogP contribution is 2.41. The summed E-state index contributed by atoms with van der Waals surface area (Å²) in [6, 6.07) is 16.7. The van der Waals surface area contributed by atoms with Crippen LogP contribution in [0.25, 0.3) is 0 Å². The molecule has 2 aromatic rings. The highest BCUT2D eigenvalue weighted by molar-refractivity contribution is 6.17. The van der Waals surface area contributed by atoms with Crippen LogP contribution in [0.3, 0.4) is 0 Å². The molecule has 0 aliphatic carbocycles. The van der Waals surface area contributed by atoms with Crippen molar-refractivity contribution in [2.75, 3.05) is 30.0 Å². The van der Waals surface area contributed by atoms with Crippen LogP contribution in [0.4, 0.5) is 11.4 Å². The van der Waals surface area contributed by atoms with Gasteiger partial charge in [0.2, 0.25) is 5.96 Å². The van der Waals surface area contributed by atoms with E-state index in [1.54, 1.807) is 7.11 Å². The van der Waals surface area contributed by atoms with E-state index < -0.39 is 0 Å². The summed E-state index contributed by atoms with van der Waals surface area (Å²) in [4.78, 5) is 9.24. The lowest BCUT2D eigenvalue weighted by Crippen LogP contribution is -2.34. The Balaban J connectivity index is 1.74. The quantitative estimate of drug-likeness (QED) is 0.865. The van der Waals surface area contributed by atoms with E-state index in [1.807, 2.05) is 12.1 Å². The van der Waals surface area contributed by atoms with Crippen molar-refractivity contribution in [3.05, 3.63) is 54.1 Å². The summed E-state index contributed by atoms with van der Waals surface area (Å²) < 4.78 is 5.36. The topological polar surface area (TPSA) is 28.1 Å². The molecule has 0 saturated heterocycles. The number of guanidine groups is 1. The molecule has 0 unspecified atom stereocenters. The second kappa shape index (κ2) is 4.81. The van der Waals surface area contributed by atoms with Gasteiger partial charge in [0, 0.05) is 12.6 Å². The second-order valence-electron chi connectivity index (χ2n) is 5.26. The molecular weight excluding hydrogens is 262 g/mol. The second-order valence-corrected chi connectivity index (χ2v) is 5.26. The highest BCUT2D eigenvalue weighted by Gasteiger charge is 2.35. The fourth-order valence-corrected chi connectivity index (χ4v) is 3.00. The molecule has 0 aromatic heterocycles. The molecule has 0 saturated carbocycles. The van der Waals surface area contributed by atoms with Gasteiger partial charge in [0.05, 0.1) is 31.6 Å². The van der Waals surface area contributed by atoms with Gasteiger partial charge in [-0.3, -0.25) is 4.99 Å². The van der Waals surface area contributed by atoms with Crippen molar-refractivity contribution in [1.82, 2.24) is 0 Å². The fraction of sp³-hybridized carbons (Fsp3) is 0.235. The molecule has 0 spiro atoms. The molecule has 4 nitrogen and oxygen atoms in total. The molecule has 0 atom stereocenters. The van der Waals surface area contributed by atoms with Gasteiger partial charge in [0.15, 0.2) is 0 Å². The van der Waals surface area contributed by atoms with Crippen LogP contribution < -0.4 is 14.5 Å². The van der Waals surface area contributed by atoms with E-state index in [4.69, 9.17) is 4.74 Å².